The van der Waals surface area contributed by atoms with Crippen LogP contribution in [0.15, 0.2) is 54.6 Å². The second-order valence-corrected chi connectivity index (χ2v) is 7.88. The topological polar surface area (TPSA) is 84.9 Å². The molecule has 0 radical (unpaired) electrons. The fraction of sp³-hybridized carbons (Fsp3) is 0.348. The summed E-state index contributed by atoms with van der Waals surface area (Å²) in [4.78, 5) is 38.2. The monoisotopic (exact) mass is 412 g/mol. The average molecular weight is 412 g/mol. The molecule has 2 amide bonds. The van der Waals surface area contributed by atoms with Crippen LogP contribution in [0.25, 0.3) is 0 Å². The highest BCUT2D eigenvalue weighted by Gasteiger charge is 2.20. The van der Waals surface area contributed by atoms with Crippen LogP contribution in [-0.4, -0.2) is 42.1 Å². The molecule has 0 unspecified atom stereocenters. The highest BCUT2D eigenvalue weighted by Crippen LogP contribution is 2.19. The van der Waals surface area contributed by atoms with Gasteiger partial charge in [-0.25, -0.2) is 9.59 Å². The van der Waals surface area contributed by atoms with Crippen molar-refractivity contribution in [1.29, 1.82) is 0 Å². The zero-order chi connectivity index (χ0) is 22.3. The maximum atomic E-state index is 12.4. The zero-order valence-electron chi connectivity index (χ0n) is 18.0. The minimum atomic E-state index is -0.656. The quantitative estimate of drug-likeness (QED) is 0.711. The van der Waals surface area contributed by atoms with Gasteiger partial charge in [-0.1, -0.05) is 36.4 Å². The first-order valence-electron chi connectivity index (χ1n) is 9.64. The van der Waals surface area contributed by atoms with Crippen LogP contribution >= 0.6 is 0 Å². The van der Waals surface area contributed by atoms with E-state index >= 15 is 0 Å². The molecule has 0 aliphatic heterocycles. The molecule has 0 spiro atoms. The van der Waals surface area contributed by atoms with Gasteiger partial charge in [-0.05, 0) is 51.5 Å². The molecule has 0 saturated heterocycles. The van der Waals surface area contributed by atoms with Gasteiger partial charge in [0.2, 0.25) is 0 Å². The Morgan fingerprint density at radius 3 is 2.33 bits per heavy atom. The molecule has 2 rings (SSSR count). The number of nitrogens with one attached hydrogen (secondary N) is 1. The highest BCUT2D eigenvalue weighted by atomic mass is 16.6. The van der Waals surface area contributed by atoms with Gasteiger partial charge in [0.1, 0.15) is 5.60 Å². The molecule has 2 aromatic rings. The first-order chi connectivity index (χ1) is 14.1. The van der Waals surface area contributed by atoms with Crippen LogP contribution in [0.3, 0.4) is 0 Å². The van der Waals surface area contributed by atoms with Crippen LogP contribution in [0, 0.1) is 0 Å². The van der Waals surface area contributed by atoms with Crippen LogP contribution in [-0.2, 0) is 14.3 Å². The Bertz CT molecular complexity index is 890. The summed E-state index contributed by atoms with van der Waals surface area (Å²) in [6, 6.07) is 15.7. The Hall–Kier alpha value is -3.35. The summed E-state index contributed by atoms with van der Waals surface area (Å²) in [6.07, 6.45) is -0.625. The van der Waals surface area contributed by atoms with E-state index < -0.39 is 17.7 Å². The second kappa shape index (κ2) is 9.91. The lowest BCUT2D eigenvalue weighted by Crippen LogP contribution is -2.33. The molecular weight excluding hydrogens is 384 g/mol. The molecule has 1 N–H and O–H groups in total. The lowest BCUT2D eigenvalue weighted by atomic mass is 10.1. The molecule has 0 bridgehead atoms. The van der Waals surface area contributed by atoms with Gasteiger partial charge in [0.15, 0.2) is 6.61 Å². The van der Waals surface area contributed by atoms with Crippen LogP contribution in [0.2, 0.25) is 0 Å². The molecule has 30 heavy (non-hydrogen) atoms. The van der Waals surface area contributed by atoms with Crippen molar-refractivity contribution in [3.8, 4) is 0 Å². The van der Waals surface area contributed by atoms with Gasteiger partial charge in [0.05, 0.1) is 11.6 Å². The molecule has 0 aliphatic rings. The molecule has 0 aliphatic carbocycles. The van der Waals surface area contributed by atoms with E-state index in [0.29, 0.717) is 5.69 Å². The number of hydrogen-bond acceptors (Lipinski definition) is 5. The van der Waals surface area contributed by atoms with Crippen molar-refractivity contribution in [2.24, 2.45) is 0 Å². The smallest absolute Gasteiger partial charge is 0.412 e. The van der Waals surface area contributed by atoms with Gasteiger partial charge in [-0.3, -0.25) is 10.1 Å². The van der Waals surface area contributed by atoms with E-state index in [0.717, 1.165) is 5.56 Å². The maximum absolute atomic E-state index is 12.4. The Morgan fingerprint density at radius 1 is 1.03 bits per heavy atom. The van der Waals surface area contributed by atoms with Crippen molar-refractivity contribution >= 4 is 23.7 Å². The van der Waals surface area contributed by atoms with Gasteiger partial charge in [0.25, 0.3) is 5.91 Å². The fourth-order valence-electron chi connectivity index (χ4n) is 2.63. The standard InChI is InChI=1S/C23H28N2O5/c1-16(17-10-7-6-8-11-17)25(5)20(26)15-29-21(27)18-12-9-13-19(14-18)24-22(28)30-23(2,3)4/h6-14,16H,15H2,1-5H3,(H,24,28)/t16-/m1/s1. The molecule has 160 valence electrons. The third-order valence-corrected chi connectivity index (χ3v) is 4.33. The Balaban J connectivity index is 1.93. The van der Waals surface area contributed by atoms with E-state index in [4.69, 9.17) is 9.47 Å². The number of amides is 2. The predicted molar refractivity (Wildman–Crippen MR) is 114 cm³/mol. The van der Waals surface area contributed by atoms with Crippen molar-refractivity contribution in [2.45, 2.75) is 39.3 Å². The van der Waals surface area contributed by atoms with E-state index in [9.17, 15) is 14.4 Å². The molecular formula is C23H28N2O5. The summed E-state index contributed by atoms with van der Waals surface area (Å²) in [7, 11) is 1.67. The average Bonchev–Trinajstić information content (AvgIpc) is 2.70. The predicted octanol–water partition coefficient (Wildman–Crippen LogP) is 4.41. The number of nitrogens with zero attached hydrogens (tertiary/aromatic N) is 1. The van der Waals surface area contributed by atoms with Crippen molar-refractivity contribution in [3.63, 3.8) is 0 Å². The number of ether oxygens (including phenoxy) is 2. The first-order valence-corrected chi connectivity index (χ1v) is 9.64. The minimum absolute atomic E-state index is 0.154. The Kier molecular flexibility index (Phi) is 7.58. The van der Waals surface area contributed by atoms with Gasteiger partial charge >= 0.3 is 12.1 Å². The van der Waals surface area contributed by atoms with E-state index in [1.54, 1.807) is 46.0 Å². The largest absolute Gasteiger partial charge is 0.452 e. The molecule has 7 heteroatoms. The number of anilines is 1. The van der Waals surface area contributed by atoms with E-state index in [-0.39, 0.29) is 24.1 Å². The van der Waals surface area contributed by atoms with Gasteiger partial charge in [0, 0.05) is 12.7 Å². The molecule has 0 heterocycles. The summed E-state index contributed by atoms with van der Waals surface area (Å²) in [5, 5.41) is 2.57. The number of hydrogen-bond donors (Lipinski definition) is 1. The summed E-state index contributed by atoms with van der Waals surface area (Å²) < 4.78 is 10.4. The molecule has 0 aromatic heterocycles. The number of likely N-dealkylation sites (N-methyl/N-ethyl adjacent to an activating group) is 1. The molecule has 1 atom stereocenters. The van der Waals surface area contributed by atoms with E-state index in [2.05, 4.69) is 5.32 Å². The third-order valence-electron chi connectivity index (χ3n) is 4.33. The third kappa shape index (κ3) is 6.92. The number of benzene rings is 2. The molecule has 0 fully saturated rings. The van der Waals surface area contributed by atoms with Crippen molar-refractivity contribution in [2.75, 3.05) is 19.0 Å². The summed E-state index contributed by atoms with van der Waals surface area (Å²) in [5.41, 5.74) is 0.958. The second-order valence-electron chi connectivity index (χ2n) is 7.88. The van der Waals surface area contributed by atoms with Crippen molar-refractivity contribution in [3.05, 3.63) is 65.7 Å². The van der Waals surface area contributed by atoms with Crippen molar-refractivity contribution < 1.29 is 23.9 Å². The van der Waals surface area contributed by atoms with Crippen LogP contribution < -0.4 is 5.32 Å². The van der Waals surface area contributed by atoms with Gasteiger partial charge in [-0.15, -0.1) is 0 Å². The normalized spacial score (nSPS) is 11.9. The van der Waals surface area contributed by atoms with Crippen LogP contribution in [0.1, 0.15) is 49.7 Å². The Labute approximate surface area is 177 Å². The minimum Gasteiger partial charge on any atom is -0.452 e. The number of rotatable bonds is 6. The number of esters is 1. The maximum Gasteiger partial charge on any atom is 0.412 e. The summed E-state index contributed by atoms with van der Waals surface area (Å²) >= 11 is 0. The Morgan fingerprint density at radius 2 is 1.70 bits per heavy atom. The summed E-state index contributed by atoms with van der Waals surface area (Å²) in [6.45, 7) is 6.80. The highest BCUT2D eigenvalue weighted by molar-refractivity contribution is 5.93. The van der Waals surface area contributed by atoms with Crippen LogP contribution in [0.5, 0.6) is 0 Å². The number of carbonyl (C=O) groups is 3. The van der Waals surface area contributed by atoms with Gasteiger partial charge in [-0.2, -0.15) is 0 Å². The molecule has 7 nitrogen and oxygen atoms in total. The fourth-order valence-corrected chi connectivity index (χ4v) is 2.63. The lowest BCUT2D eigenvalue weighted by molar-refractivity contribution is -0.135. The van der Waals surface area contributed by atoms with E-state index in [1.807, 2.05) is 37.3 Å². The lowest BCUT2D eigenvalue weighted by Gasteiger charge is -2.25. The summed E-state index contributed by atoms with van der Waals surface area (Å²) in [5.74, 6) is -0.973. The zero-order valence-corrected chi connectivity index (χ0v) is 18.0. The van der Waals surface area contributed by atoms with Crippen molar-refractivity contribution in [1.82, 2.24) is 4.90 Å². The van der Waals surface area contributed by atoms with Crippen LogP contribution in [0.4, 0.5) is 10.5 Å². The molecule has 0 saturated carbocycles. The van der Waals surface area contributed by atoms with E-state index in [1.165, 1.54) is 11.0 Å². The van der Waals surface area contributed by atoms with Gasteiger partial charge < -0.3 is 14.4 Å². The first kappa shape index (κ1) is 22.9. The SMILES string of the molecule is C[C@H](c1ccccc1)N(C)C(=O)COC(=O)c1cccc(NC(=O)OC(C)(C)C)c1. The molecule has 2 aromatic carbocycles. The number of carbonyl (C=O) groups excluding carboxylic acids is 3.